The molecule has 1 atom stereocenters. The molecular weight excluding hydrogens is 240 g/mol. The van der Waals surface area contributed by atoms with Crippen molar-refractivity contribution in [2.75, 3.05) is 13.7 Å². The van der Waals surface area contributed by atoms with Crippen LogP contribution in [0.25, 0.3) is 0 Å². The van der Waals surface area contributed by atoms with Crippen molar-refractivity contribution in [1.29, 1.82) is 0 Å². The minimum absolute atomic E-state index is 0.120. The first-order chi connectivity index (χ1) is 9.19. The van der Waals surface area contributed by atoms with E-state index in [2.05, 4.69) is 0 Å². The van der Waals surface area contributed by atoms with Gasteiger partial charge in [0, 0.05) is 26.7 Å². The van der Waals surface area contributed by atoms with Gasteiger partial charge in [0.1, 0.15) is 0 Å². The first-order valence-electron chi connectivity index (χ1n) is 6.82. The van der Waals surface area contributed by atoms with E-state index in [-0.39, 0.29) is 12.0 Å². The fourth-order valence-corrected chi connectivity index (χ4v) is 2.30. The van der Waals surface area contributed by atoms with E-state index >= 15 is 0 Å². The van der Waals surface area contributed by atoms with E-state index in [1.807, 2.05) is 31.3 Å². The number of benzene rings is 1. The zero-order valence-electron chi connectivity index (χ0n) is 11.5. The van der Waals surface area contributed by atoms with Gasteiger partial charge >= 0.3 is 0 Å². The Morgan fingerprint density at radius 1 is 1.37 bits per heavy atom. The lowest BCUT2D eigenvalue weighted by Gasteiger charge is -2.19. The predicted molar refractivity (Wildman–Crippen MR) is 74.4 cm³/mol. The number of carbonyl (C=O) groups is 1. The van der Waals surface area contributed by atoms with Gasteiger partial charge in [0.05, 0.1) is 12.5 Å². The molecule has 2 N–H and O–H groups in total. The summed E-state index contributed by atoms with van der Waals surface area (Å²) < 4.78 is 5.49. The Morgan fingerprint density at radius 2 is 2.05 bits per heavy atom. The fourth-order valence-electron chi connectivity index (χ4n) is 2.30. The summed E-state index contributed by atoms with van der Waals surface area (Å²) in [6.45, 7) is 1.98. The topological polar surface area (TPSA) is 55.6 Å². The number of nitrogens with zero attached hydrogens (tertiary/aromatic N) is 1. The molecule has 1 aromatic rings. The van der Waals surface area contributed by atoms with Crippen molar-refractivity contribution in [2.24, 2.45) is 5.73 Å². The molecule has 0 aromatic heterocycles. The van der Waals surface area contributed by atoms with E-state index in [1.54, 1.807) is 4.90 Å². The van der Waals surface area contributed by atoms with Crippen molar-refractivity contribution in [3.63, 3.8) is 0 Å². The first-order valence-corrected chi connectivity index (χ1v) is 6.82. The van der Waals surface area contributed by atoms with Gasteiger partial charge < -0.3 is 15.4 Å². The van der Waals surface area contributed by atoms with Gasteiger partial charge in [-0.25, -0.2) is 0 Å². The van der Waals surface area contributed by atoms with Crippen molar-refractivity contribution in [2.45, 2.75) is 38.5 Å². The summed E-state index contributed by atoms with van der Waals surface area (Å²) in [7, 11) is 1.84. The normalized spacial score (nSPS) is 18.5. The Bertz CT molecular complexity index is 411. The quantitative estimate of drug-likeness (QED) is 0.878. The predicted octanol–water partition coefficient (Wildman–Crippen LogP) is 1.67. The fraction of sp³-hybridized carbons (Fsp3) is 0.533. The van der Waals surface area contributed by atoms with Crippen LogP contribution in [-0.4, -0.2) is 30.6 Å². The van der Waals surface area contributed by atoms with Gasteiger partial charge in [-0.1, -0.05) is 24.3 Å². The van der Waals surface area contributed by atoms with Gasteiger partial charge in [-0.2, -0.15) is 0 Å². The van der Waals surface area contributed by atoms with E-state index in [4.69, 9.17) is 10.5 Å². The minimum atomic E-state index is 0.120. The molecule has 1 saturated heterocycles. The smallest absolute Gasteiger partial charge is 0.225 e. The molecule has 1 aliphatic rings. The Balaban J connectivity index is 1.84. The lowest BCUT2D eigenvalue weighted by atomic mass is 10.1. The van der Waals surface area contributed by atoms with Crippen molar-refractivity contribution in [3.05, 3.63) is 35.4 Å². The van der Waals surface area contributed by atoms with Crippen molar-refractivity contribution in [1.82, 2.24) is 4.90 Å². The number of rotatable bonds is 5. The third-order valence-electron chi connectivity index (χ3n) is 3.53. The molecule has 1 heterocycles. The van der Waals surface area contributed by atoms with Crippen LogP contribution in [-0.2, 0) is 22.6 Å². The summed E-state index contributed by atoms with van der Waals surface area (Å²) in [5.41, 5.74) is 7.80. The zero-order chi connectivity index (χ0) is 13.7. The Kier molecular flexibility index (Phi) is 4.93. The number of carbonyl (C=O) groups excluding carboxylic acids is 1. The van der Waals surface area contributed by atoms with Gasteiger partial charge in [-0.05, 0) is 24.0 Å². The number of hydrogen-bond donors (Lipinski definition) is 1. The molecule has 1 aliphatic heterocycles. The number of nitrogens with two attached hydrogens (primary N) is 1. The second kappa shape index (κ2) is 6.68. The highest BCUT2D eigenvalue weighted by molar-refractivity contribution is 5.76. The average Bonchev–Trinajstić information content (AvgIpc) is 2.92. The summed E-state index contributed by atoms with van der Waals surface area (Å²) >= 11 is 0. The molecular formula is C15H22N2O2. The molecule has 19 heavy (non-hydrogen) atoms. The van der Waals surface area contributed by atoms with Crippen molar-refractivity contribution in [3.8, 4) is 0 Å². The molecule has 4 nitrogen and oxygen atoms in total. The molecule has 4 heteroatoms. The molecule has 1 unspecified atom stereocenters. The highest BCUT2D eigenvalue weighted by Crippen LogP contribution is 2.16. The lowest BCUT2D eigenvalue weighted by molar-refractivity contribution is -0.132. The largest absolute Gasteiger partial charge is 0.378 e. The SMILES string of the molecule is CN(Cc1ccc(CN)cc1)C(=O)CC1CCCO1. The van der Waals surface area contributed by atoms with Crippen LogP contribution < -0.4 is 5.73 Å². The highest BCUT2D eigenvalue weighted by atomic mass is 16.5. The van der Waals surface area contributed by atoms with Crippen LogP contribution in [0.3, 0.4) is 0 Å². The summed E-state index contributed by atoms with van der Waals surface area (Å²) in [5, 5.41) is 0. The number of amides is 1. The van der Waals surface area contributed by atoms with E-state index in [9.17, 15) is 4.79 Å². The molecule has 0 bridgehead atoms. The molecule has 0 spiro atoms. The van der Waals surface area contributed by atoms with Gasteiger partial charge in [-0.3, -0.25) is 4.79 Å². The molecule has 104 valence electrons. The summed E-state index contributed by atoms with van der Waals surface area (Å²) in [4.78, 5) is 13.8. The molecule has 0 aliphatic carbocycles. The van der Waals surface area contributed by atoms with Crippen LogP contribution in [0.1, 0.15) is 30.4 Å². The standard InChI is InChI=1S/C15H22N2O2/c1-17(15(18)9-14-3-2-8-19-14)11-13-6-4-12(10-16)5-7-13/h4-7,14H,2-3,8-11,16H2,1H3. The van der Waals surface area contributed by atoms with Gasteiger partial charge in [-0.15, -0.1) is 0 Å². The summed E-state index contributed by atoms with van der Waals surface area (Å²) in [5.74, 6) is 0.148. The Labute approximate surface area is 114 Å². The lowest BCUT2D eigenvalue weighted by Crippen LogP contribution is -2.29. The maximum atomic E-state index is 12.1. The third-order valence-corrected chi connectivity index (χ3v) is 3.53. The Morgan fingerprint density at radius 3 is 2.63 bits per heavy atom. The molecule has 2 rings (SSSR count). The molecule has 1 amide bonds. The molecule has 1 fully saturated rings. The second-order valence-corrected chi connectivity index (χ2v) is 5.11. The van der Waals surface area contributed by atoms with E-state index < -0.39 is 0 Å². The van der Waals surface area contributed by atoms with E-state index in [0.717, 1.165) is 30.6 Å². The van der Waals surface area contributed by atoms with Crippen LogP contribution in [0.5, 0.6) is 0 Å². The molecule has 1 aromatic carbocycles. The van der Waals surface area contributed by atoms with E-state index in [1.165, 1.54) is 0 Å². The van der Waals surface area contributed by atoms with Crippen molar-refractivity contribution < 1.29 is 9.53 Å². The van der Waals surface area contributed by atoms with Gasteiger partial charge in [0.15, 0.2) is 0 Å². The van der Waals surface area contributed by atoms with Crippen LogP contribution >= 0.6 is 0 Å². The number of ether oxygens (including phenoxy) is 1. The zero-order valence-corrected chi connectivity index (χ0v) is 11.5. The number of hydrogen-bond acceptors (Lipinski definition) is 3. The molecule has 0 saturated carbocycles. The maximum absolute atomic E-state index is 12.1. The maximum Gasteiger partial charge on any atom is 0.225 e. The van der Waals surface area contributed by atoms with Gasteiger partial charge in [0.2, 0.25) is 5.91 Å². The first kappa shape index (κ1) is 14.0. The third kappa shape index (κ3) is 4.04. The van der Waals surface area contributed by atoms with Gasteiger partial charge in [0.25, 0.3) is 0 Å². The average molecular weight is 262 g/mol. The monoisotopic (exact) mass is 262 g/mol. The highest BCUT2D eigenvalue weighted by Gasteiger charge is 2.21. The summed E-state index contributed by atoms with van der Waals surface area (Å²) in [6, 6.07) is 8.07. The van der Waals surface area contributed by atoms with Crippen LogP contribution in [0, 0.1) is 0 Å². The molecule has 0 radical (unpaired) electrons. The summed E-state index contributed by atoms with van der Waals surface area (Å²) in [6.07, 6.45) is 2.69. The Hall–Kier alpha value is -1.39. The van der Waals surface area contributed by atoms with Crippen molar-refractivity contribution >= 4 is 5.91 Å². The van der Waals surface area contributed by atoms with Crippen LogP contribution in [0.4, 0.5) is 0 Å². The second-order valence-electron chi connectivity index (χ2n) is 5.11. The van der Waals surface area contributed by atoms with Crippen LogP contribution in [0.2, 0.25) is 0 Å². The minimum Gasteiger partial charge on any atom is -0.378 e. The van der Waals surface area contributed by atoms with Crippen LogP contribution in [0.15, 0.2) is 24.3 Å². The van der Waals surface area contributed by atoms with E-state index in [0.29, 0.717) is 19.5 Å².